The van der Waals surface area contributed by atoms with E-state index >= 15 is 0 Å². The molecule has 1 aromatic carbocycles. The summed E-state index contributed by atoms with van der Waals surface area (Å²) in [7, 11) is 1.91. The topological polar surface area (TPSA) is 49.2 Å². The molecular weight excluding hydrogens is 262 g/mol. The number of hydrogen-bond acceptors (Lipinski definition) is 4. The molecule has 0 unspecified atom stereocenters. The molecule has 0 fully saturated rings. The summed E-state index contributed by atoms with van der Waals surface area (Å²) in [5, 5.41) is 9.84. The molecular formula is C14H16ClN3O. The molecule has 0 atom stereocenters. The lowest BCUT2D eigenvalue weighted by atomic mass is 10.2. The van der Waals surface area contributed by atoms with Crippen LogP contribution in [0.15, 0.2) is 30.5 Å². The smallest absolute Gasteiger partial charge is 0.225 e. The van der Waals surface area contributed by atoms with Crippen LogP contribution in [0.5, 0.6) is 0 Å². The zero-order valence-corrected chi connectivity index (χ0v) is 11.7. The molecule has 2 rings (SSSR count). The number of halogens is 1. The highest BCUT2D eigenvalue weighted by Crippen LogP contribution is 2.19. The summed E-state index contributed by atoms with van der Waals surface area (Å²) in [5.74, 6) is 0.620. The highest BCUT2D eigenvalue weighted by Gasteiger charge is 2.09. The summed E-state index contributed by atoms with van der Waals surface area (Å²) in [6.45, 7) is 2.46. The summed E-state index contributed by atoms with van der Waals surface area (Å²) < 4.78 is 0. The van der Waals surface area contributed by atoms with Crippen LogP contribution in [0.2, 0.25) is 5.02 Å². The minimum absolute atomic E-state index is 0.0413. The van der Waals surface area contributed by atoms with E-state index in [2.05, 4.69) is 9.97 Å². The number of nitrogens with zero attached hydrogens (tertiary/aromatic N) is 3. The largest absolute Gasteiger partial charge is 0.392 e. The molecule has 0 radical (unpaired) electrons. The van der Waals surface area contributed by atoms with Crippen LogP contribution in [0.4, 0.5) is 5.95 Å². The second-order valence-corrected chi connectivity index (χ2v) is 4.79. The van der Waals surface area contributed by atoms with Gasteiger partial charge in [-0.25, -0.2) is 9.97 Å². The van der Waals surface area contributed by atoms with Crippen LogP contribution in [-0.2, 0) is 13.2 Å². The normalized spacial score (nSPS) is 10.5. The summed E-state index contributed by atoms with van der Waals surface area (Å²) in [6.07, 6.45) is 1.65. The third-order valence-electron chi connectivity index (χ3n) is 2.95. The Hall–Kier alpha value is -1.65. The van der Waals surface area contributed by atoms with Gasteiger partial charge in [0.1, 0.15) is 0 Å². The first-order valence-electron chi connectivity index (χ1n) is 5.99. The molecule has 19 heavy (non-hydrogen) atoms. The zero-order chi connectivity index (χ0) is 13.8. The van der Waals surface area contributed by atoms with Gasteiger partial charge in [0, 0.05) is 36.1 Å². The van der Waals surface area contributed by atoms with Crippen LogP contribution in [0, 0.1) is 6.92 Å². The Balaban J connectivity index is 2.18. The van der Waals surface area contributed by atoms with Crippen LogP contribution < -0.4 is 4.90 Å². The van der Waals surface area contributed by atoms with Crippen molar-refractivity contribution in [3.8, 4) is 0 Å². The van der Waals surface area contributed by atoms with Crippen LogP contribution in [0.25, 0.3) is 0 Å². The molecule has 5 heteroatoms. The van der Waals surface area contributed by atoms with Gasteiger partial charge >= 0.3 is 0 Å². The van der Waals surface area contributed by atoms with Crippen molar-refractivity contribution in [1.82, 2.24) is 9.97 Å². The van der Waals surface area contributed by atoms with Crippen LogP contribution in [0.3, 0.4) is 0 Å². The van der Waals surface area contributed by atoms with Crippen LogP contribution in [0.1, 0.15) is 16.8 Å². The minimum Gasteiger partial charge on any atom is -0.392 e. The first kappa shape index (κ1) is 13.8. The molecule has 1 aromatic heterocycles. The predicted molar refractivity (Wildman–Crippen MR) is 76.3 cm³/mol. The lowest BCUT2D eigenvalue weighted by Gasteiger charge is -2.18. The molecule has 1 heterocycles. The third kappa shape index (κ3) is 3.22. The zero-order valence-electron chi connectivity index (χ0n) is 11.0. The molecule has 4 nitrogen and oxygen atoms in total. The summed E-state index contributed by atoms with van der Waals surface area (Å²) in [5.41, 5.74) is 2.56. The van der Waals surface area contributed by atoms with Gasteiger partial charge in [-0.15, -0.1) is 0 Å². The fourth-order valence-electron chi connectivity index (χ4n) is 1.77. The van der Waals surface area contributed by atoms with E-state index in [0.717, 1.165) is 21.8 Å². The van der Waals surface area contributed by atoms with Crippen molar-refractivity contribution in [1.29, 1.82) is 0 Å². The van der Waals surface area contributed by atoms with Crippen molar-refractivity contribution >= 4 is 17.5 Å². The van der Waals surface area contributed by atoms with Crippen LogP contribution >= 0.6 is 11.6 Å². The van der Waals surface area contributed by atoms with Crippen molar-refractivity contribution < 1.29 is 5.11 Å². The summed E-state index contributed by atoms with van der Waals surface area (Å²) >= 11 is 6.13. The van der Waals surface area contributed by atoms with Gasteiger partial charge in [-0.3, -0.25) is 0 Å². The number of aromatic nitrogens is 2. The molecule has 0 aliphatic heterocycles. The molecule has 0 aliphatic carbocycles. The van der Waals surface area contributed by atoms with E-state index in [1.165, 1.54) is 0 Å². The van der Waals surface area contributed by atoms with E-state index in [9.17, 15) is 0 Å². The van der Waals surface area contributed by atoms with Gasteiger partial charge < -0.3 is 10.0 Å². The Labute approximate surface area is 117 Å². The molecule has 0 amide bonds. The fourth-order valence-corrected chi connectivity index (χ4v) is 1.97. The molecule has 0 saturated carbocycles. The Morgan fingerprint density at radius 1 is 1.26 bits per heavy atom. The van der Waals surface area contributed by atoms with Gasteiger partial charge in [0.2, 0.25) is 5.95 Å². The van der Waals surface area contributed by atoms with Gasteiger partial charge in [-0.1, -0.05) is 29.8 Å². The highest BCUT2D eigenvalue weighted by atomic mass is 35.5. The number of benzene rings is 1. The fraction of sp³-hybridized carbons (Fsp3) is 0.286. The quantitative estimate of drug-likeness (QED) is 0.933. The summed E-state index contributed by atoms with van der Waals surface area (Å²) in [4.78, 5) is 10.6. The number of rotatable bonds is 4. The van der Waals surface area contributed by atoms with E-state index < -0.39 is 0 Å². The van der Waals surface area contributed by atoms with E-state index in [-0.39, 0.29) is 6.61 Å². The monoisotopic (exact) mass is 277 g/mol. The van der Waals surface area contributed by atoms with Crippen molar-refractivity contribution in [2.24, 2.45) is 0 Å². The summed E-state index contributed by atoms with van der Waals surface area (Å²) in [6, 6.07) is 7.71. The number of aliphatic hydroxyl groups is 1. The van der Waals surface area contributed by atoms with Crippen molar-refractivity contribution in [2.45, 2.75) is 20.1 Å². The maximum absolute atomic E-state index is 9.11. The molecule has 0 bridgehead atoms. The number of anilines is 1. The Kier molecular flexibility index (Phi) is 4.35. The van der Waals surface area contributed by atoms with E-state index in [4.69, 9.17) is 16.7 Å². The van der Waals surface area contributed by atoms with E-state index in [1.54, 1.807) is 6.20 Å². The molecule has 2 aromatic rings. The van der Waals surface area contributed by atoms with Gasteiger partial charge in [0.25, 0.3) is 0 Å². The standard InChI is InChI=1S/C14H16ClN3O/c1-10-12(9-19)7-16-14(17-10)18(2)8-11-5-3-4-6-13(11)15/h3-7,19H,8-9H2,1-2H3. The van der Waals surface area contributed by atoms with Crippen LogP contribution in [-0.4, -0.2) is 22.1 Å². The first-order chi connectivity index (χ1) is 9.11. The Morgan fingerprint density at radius 3 is 2.63 bits per heavy atom. The van der Waals surface area contributed by atoms with E-state index in [1.807, 2.05) is 43.1 Å². The predicted octanol–water partition coefficient (Wildman–Crippen LogP) is 2.57. The van der Waals surface area contributed by atoms with E-state index in [0.29, 0.717) is 12.5 Å². The molecule has 0 aliphatic rings. The van der Waals surface area contributed by atoms with Crippen molar-refractivity contribution in [3.05, 3.63) is 52.3 Å². The number of aliphatic hydroxyl groups excluding tert-OH is 1. The minimum atomic E-state index is -0.0413. The number of hydrogen-bond donors (Lipinski definition) is 1. The van der Waals surface area contributed by atoms with Gasteiger partial charge in [-0.05, 0) is 18.6 Å². The highest BCUT2D eigenvalue weighted by molar-refractivity contribution is 6.31. The molecule has 100 valence electrons. The average molecular weight is 278 g/mol. The molecule has 0 spiro atoms. The lowest BCUT2D eigenvalue weighted by Crippen LogP contribution is -2.20. The Bertz CT molecular complexity index is 574. The molecule has 0 saturated heterocycles. The SMILES string of the molecule is Cc1nc(N(C)Cc2ccccc2Cl)ncc1CO. The first-order valence-corrected chi connectivity index (χ1v) is 6.37. The maximum atomic E-state index is 9.11. The van der Waals surface area contributed by atoms with Gasteiger partial charge in [0.05, 0.1) is 6.61 Å². The third-order valence-corrected chi connectivity index (χ3v) is 3.31. The van der Waals surface area contributed by atoms with Gasteiger partial charge in [0.15, 0.2) is 0 Å². The van der Waals surface area contributed by atoms with Crippen molar-refractivity contribution in [3.63, 3.8) is 0 Å². The average Bonchev–Trinajstić information content (AvgIpc) is 2.41. The second kappa shape index (κ2) is 5.99. The Morgan fingerprint density at radius 2 is 2.00 bits per heavy atom. The van der Waals surface area contributed by atoms with Gasteiger partial charge in [-0.2, -0.15) is 0 Å². The molecule has 1 N–H and O–H groups in total. The lowest BCUT2D eigenvalue weighted by molar-refractivity contribution is 0.280. The second-order valence-electron chi connectivity index (χ2n) is 4.39. The maximum Gasteiger partial charge on any atom is 0.225 e. The number of aryl methyl sites for hydroxylation is 1. The van der Waals surface area contributed by atoms with Crippen molar-refractivity contribution in [2.75, 3.05) is 11.9 Å².